The van der Waals surface area contributed by atoms with Crippen molar-refractivity contribution in [3.05, 3.63) is 41.7 Å². The van der Waals surface area contributed by atoms with Gasteiger partial charge in [-0.05, 0) is 31.5 Å². The molecule has 162 valence electrons. The minimum Gasteiger partial charge on any atom is -0.490 e. The predicted octanol–water partition coefficient (Wildman–Crippen LogP) is 3.15. The van der Waals surface area contributed by atoms with Crippen LogP contribution in [-0.2, 0) is 11.3 Å². The van der Waals surface area contributed by atoms with Crippen molar-refractivity contribution in [3.63, 3.8) is 0 Å². The quantitative estimate of drug-likeness (QED) is 0.694. The highest BCUT2D eigenvalue weighted by Crippen LogP contribution is 2.35. The summed E-state index contributed by atoms with van der Waals surface area (Å²) in [6, 6.07) is 9.38. The third-order valence-corrected chi connectivity index (χ3v) is 5.55. The lowest BCUT2D eigenvalue weighted by molar-refractivity contribution is -0.122. The first kappa shape index (κ1) is 19.5. The highest BCUT2D eigenvalue weighted by atomic mass is 16.6. The molecule has 2 aromatic carbocycles. The van der Waals surface area contributed by atoms with Gasteiger partial charge >= 0.3 is 0 Å². The van der Waals surface area contributed by atoms with Crippen LogP contribution in [0.4, 0.5) is 0 Å². The van der Waals surface area contributed by atoms with Crippen LogP contribution in [0, 0.1) is 6.92 Å². The second kappa shape index (κ2) is 8.02. The lowest BCUT2D eigenvalue weighted by Crippen LogP contribution is -2.30. The van der Waals surface area contributed by atoms with Crippen molar-refractivity contribution >= 4 is 16.9 Å². The molecule has 1 N–H and O–H groups in total. The molecule has 0 saturated carbocycles. The predicted molar refractivity (Wildman–Crippen MR) is 114 cm³/mol. The number of carbonyl (C=O) groups is 1. The summed E-state index contributed by atoms with van der Waals surface area (Å²) < 4.78 is 24.7. The van der Waals surface area contributed by atoms with Crippen LogP contribution < -0.4 is 24.3 Å². The molecule has 0 radical (unpaired) electrons. The van der Waals surface area contributed by atoms with E-state index in [1.807, 2.05) is 48.7 Å². The second-order valence-electron chi connectivity index (χ2n) is 7.78. The number of nitrogens with one attached hydrogen (secondary N) is 1. The van der Waals surface area contributed by atoms with Gasteiger partial charge in [-0.2, -0.15) is 0 Å². The number of nitrogens with zero attached hydrogens (tertiary/aromatic N) is 2. The highest BCUT2D eigenvalue weighted by molar-refractivity contribution is 5.84. The summed E-state index contributed by atoms with van der Waals surface area (Å²) in [5, 5.41) is 3.07. The van der Waals surface area contributed by atoms with Gasteiger partial charge in [0.15, 0.2) is 23.0 Å². The van der Waals surface area contributed by atoms with E-state index < -0.39 is 0 Å². The van der Waals surface area contributed by atoms with E-state index in [4.69, 9.17) is 18.9 Å². The molecular weight excluding hydrogens is 398 g/mol. The van der Waals surface area contributed by atoms with E-state index in [-0.39, 0.29) is 18.5 Å². The van der Waals surface area contributed by atoms with Gasteiger partial charge in [0, 0.05) is 18.6 Å². The largest absolute Gasteiger partial charge is 0.490 e. The zero-order valence-corrected chi connectivity index (χ0v) is 17.6. The van der Waals surface area contributed by atoms with Crippen molar-refractivity contribution in [2.75, 3.05) is 26.4 Å². The average molecular weight is 423 g/mol. The van der Waals surface area contributed by atoms with E-state index in [1.165, 1.54) is 0 Å². The average Bonchev–Trinajstić information content (AvgIpc) is 2.93. The Balaban J connectivity index is 1.33. The van der Waals surface area contributed by atoms with Crippen LogP contribution in [0.25, 0.3) is 11.0 Å². The summed E-state index contributed by atoms with van der Waals surface area (Å²) in [5.74, 6) is 3.50. The summed E-state index contributed by atoms with van der Waals surface area (Å²) >= 11 is 0. The highest BCUT2D eigenvalue weighted by Gasteiger charge is 2.19. The van der Waals surface area contributed by atoms with Gasteiger partial charge in [0.25, 0.3) is 0 Å². The number of aromatic nitrogens is 2. The Morgan fingerprint density at radius 2 is 1.68 bits per heavy atom. The molecular formula is C23H25N3O5. The van der Waals surface area contributed by atoms with Crippen LogP contribution in [0.2, 0.25) is 0 Å². The van der Waals surface area contributed by atoms with Crippen molar-refractivity contribution in [1.82, 2.24) is 14.9 Å². The molecule has 0 saturated heterocycles. The van der Waals surface area contributed by atoms with Gasteiger partial charge in [-0.25, -0.2) is 4.98 Å². The minimum absolute atomic E-state index is 0.100. The summed E-state index contributed by atoms with van der Waals surface area (Å²) in [5.41, 5.74) is 2.59. The second-order valence-corrected chi connectivity index (χ2v) is 7.78. The van der Waals surface area contributed by atoms with Crippen LogP contribution in [0.3, 0.4) is 0 Å². The van der Waals surface area contributed by atoms with Crippen molar-refractivity contribution in [3.8, 4) is 23.0 Å². The zero-order valence-electron chi connectivity index (χ0n) is 17.6. The first-order valence-electron chi connectivity index (χ1n) is 10.5. The van der Waals surface area contributed by atoms with E-state index >= 15 is 0 Å². The van der Waals surface area contributed by atoms with E-state index in [1.54, 1.807) is 0 Å². The smallest absolute Gasteiger partial charge is 0.240 e. The molecule has 5 rings (SSSR count). The number of fused-ring (bicyclic) bond motifs is 3. The number of carbonyl (C=O) groups excluding carboxylic acids is 1. The Labute approximate surface area is 180 Å². The molecule has 1 unspecified atom stereocenters. The maximum absolute atomic E-state index is 12.9. The molecule has 2 aliphatic rings. The minimum atomic E-state index is -0.177. The van der Waals surface area contributed by atoms with Crippen LogP contribution in [0.1, 0.15) is 30.8 Å². The Morgan fingerprint density at radius 3 is 2.48 bits per heavy atom. The number of benzene rings is 2. The number of amides is 1. The topological polar surface area (TPSA) is 83.8 Å². The van der Waals surface area contributed by atoms with Gasteiger partial charge in [-0.15, -0.1) is 0 Å². The lowest BCUT2D eigenvalue weighted by atomic mass is 10.1. The van der Waals surface area contributed by atoms with Crippen LogP contribution >= 0.6 is 0 Å². The van der Waals surface area contributed by atoms with Crippen molar-refractivity contribution in [2.45, 2.75) is 32.9 Å². The number of rotatable bonds is 4. The number of hydrogen-bond acceptors (Lipinski definition) is 6. The molecule has 8 heteroatoms. The zero-order chi connectivity index (χ0) is 21.4. The van der Waals surface area contributed by atoms with Gasteiger partial charge in [0.05, 0.1) is 30.3 Å². The molecule has 3 aromatic rings. The van der Waals surface area contributed by atoms with Gasteiger partial charge in [0.1, 0.15) is 25.6 Å². The Bertz CT molecular complexity index is 1140. The fourth-order valence-electron chi connectivity index (χ4n) is 3.94. The van der Waals surface area contributed by atoms with Crippen LogP contribution in [-0.4, -0.2) is 41.9 Å². The molecule has 0 aliphatic carbocycles. The van der Waals surface area contributed by atoms with Gasteiger partial charge < -0.3 is 28.8 Å². The monoisotopic (exact) mass is 423 g/mol. The third-order valence-electron chi connectivity index (χ3n) is 5.55. The maximum Gasteiger partial charge on any atom is 0.240 e. The first-order chi connectivity index (χ1) is 15.1. The van der Waals surface area contributed by atoms with Crippen molar-refractivity contribution in [1.29, 1.82) is 0 Å². The Morgan fingerprint density at radius 1 is 1.00 bits per heavy atom. The fraction of sp³-hybridized carbons (Fsp3) is 0.391. The van der Waals surface area contributed by atoms with E-state index in [0.717, 1.165) is 40.3 Å². The Kier molecular flexibility index (Phi) is 5.05. The van der Waals surface area contributed by atoms with Gasteiger partial charge in [0.2, 0.25) is 5.91 Å². The maximum atomic E-state index is 12.9. The van der Waals surface area contributed by atoms with E-state index in [0.29, 0.717) is 37.9 Å². The summed E-state index contributed by atoms with van der Waals surface area (Å²) in [7, 11) is 0. The van der Waals surface area contributed by atoms with E-state index in [9.17, 15) is 4.79 Å². The summed E-state index contributed by atoms with van der Waals surface area (Å²) in [6.07, 6.45) is 0.856. The molecule has 1 atom stereocenters. The number of ether oxygens (including phenoxy) is 4. The summed E-state index contributed by atoms with van der Waals surface area (Å²) in [6.45, 7) is 6.33. The first-order valence-corrected chi connectivity index (χ1v) is 10.5. The fourth-order valence-corrected chi connectivity index (χ4v) is 3.94. The molecule has 8 nitrogen and oxygen atoms in total. The number of hydrogen-bond donors (Lipinski definition) is 1. The van der Waals surface area contributed by atoms with Crippen molar-refractivity contribution < 1.29 is 23.7 Å². The number of aryl methyl sites for hydroxylation is 1. The van der Waals surface area contributed by atoms with Crippen LogP contribution in [0.15, 0.2) is 30.3 Å². The Hall–Kier alpha value is -3.42. The van der Waals surface area contributed by atoms with E-state index in [2.05, 4.69) is 10.3 Å². The molecule has 0 fully saturated rings. The number of imidazole rings is 1. The third kappa shape index (κ3) is 3.85. The molecule has 1 aromatic heterocycles. The molecule has 3 heterocycles. The molecule has 0 spiro atoms. The summed E-state index contributed by atoms with van der Waals surface area (Å²) in [4.78, 5) is 17.4. The van der Waals surface area contributed by atoms with Gasteiger partial charge in [-0.1, -0.05) is 6.07 Å². The van der Waals surface area contributed by atoms with Crippen LogP contribution in [0.5, 0.6) is 23.0 Å². The van der Waals surface area contributed by atoms with Gasteiger partial charge in [-0.3, -0.25) is 4.79 Å². The van der Waals surface area contributed by atoms with Crippen molar-refractivity contribution in [2.24, 2.45) is 0 Å². The molecule has 1 amide bonds. The molecule has 31 heavy (non-hydrogen) atoms. The normalized spacial score (nSPS) is 15.9. The lowest BCUT2D eigenvalue weighted by Gasteiger charge is -2.19. The molecule has 0 bridgehead atoms. The SMILES string of the molecule is Cc1nc2cc3c(cc2n1CC(=O)NC(C)c1ccc2c(c1)OCCCO2)OCCO3. The standard InChI is InChI=1S/C23H25N3O5/c1-14(16-4-5-19-20(10-16)29-7-3-6-28-19)24-23(27)13-26-15(2)25-17-11-21-22(12-18(17)26)31-9-8-30-21/h4-5,10-12,14H,3,6-9,13H2,1-2H3,(H,24,27). The molecule has 2 aliphatic heterocycles.